The van der Waals surface area contributed by atoms with E-state index in [0.29, 0.717) is 25.9 Å². The Morgan fingerprint density at radius 1 is 1.53 bits per heavy atom. The lowest BCUT2D eigenvalue weighted by atomic mass is 9.98. The first-order valence-electron chi connectivity index (χ1n) is 5.49. The molecule has 1 aliphatic heterocycles. The Bertz CT molecular complexity index is 221. The minimum Gasteiger partial charge on any atom is -0.355 e. The van der Waals surface area contributed by atoms with E-state index in [1.807, 2.05) is 6.92 Å². The molecule has 1 aliphatic rings. The van der Waals surface area contributed by atoms with Crippen molar-refractivity contribution in [3.05, 3.63) is 0 Å². The molecule has 5 nitrogen and oxygen atoms in total. The first-order valence-corrected chi connectivity index (χ1v) is 5.49. The van der Waals surface area contributed by atoms with E-state index in [1.54, 1.807) is 0 Å². The van der Waals surface area contributed by atoms with Gasteiger partial charge >= 0.3 is 0 Å². The van der Waals surface area contributed by atoms with Gasteiger partial charge in [-0.2, -0.15) is 0 Å². The molecule has 1 heterocycles. The second-order valence-electron chi connectivity index (χ2n) is 3.68. The van der Waals surface area contributed by atoms with Crippen molar-refractivity contribution in [2.24, 2.45) is 5.92 Å². The average Bonchev–Trinajstić information content (AvgIpc) is 2.25. The van der Waals surface area contributed by atoms with Crippen molar-refractivity contribution >= 4 is 11.8 Å². The Labute approximate surface area is 90.0 Å². The molecule has 0 aromatic heterocycles. The predicted octanol–water partition coefficient (Wildman–Crippen LogP) is -0.762. The van der Waals surface area contributed by atoms with Crippen LogP contribution in [0.15, 0.2) is 0 Å². The normalized spacial score (nSPS) is 20.9. The fourth-order valence-corrected chi connectivity index (χ4v) is 1.55. The summed E-state index contributed by atoms with van der Waals surface area (Å²) in [5, 5.41) is 8.68. The summed E-state index contributed by atoms with van der Waals surface area (Å²) in [7, 11) is 0. The number of rotatable bonds is 5. The third kappa shape index (κ3) is 4.29. The van der Waals surface area contributed by atoms with Crippen molar-refractivity contribution < 1.29 is 9.59 Å². The maximum atomic E-state index is 11.6. The van der Waals surface area contributed by atoms with Crippen molar-refractivity contribution in [2.75, 3.05) is 26.2 Å². The molecule has 5 heteroatoms. The Morgan fingerprint density at radius 2 is 2.33 bits per heavy atom. The number of likely N-dealkylation sites (N-methyl/N-ethyl adjacent to an activating group) is 1. The highest BCUT2D eigenvalue weighted by atomic mass is 16.2. The summed E-state index contributed by atoms with van der Waals surface area (Å²) in [6.07, 6.45) is 1.13. The van der Waals surface area contributed by atoms with Crippen molar-refractivity contribution in [1.29, 1.82) is 0 Å². The van der Waals surface area contributed by atoms with Gasteiger partial charge in [-0.05, 0) is 13.0 Å². The molecule has 0 aromatic carbocycles. The smallest absolute Gasteiger partial charge is 0.224 e. The van der Waals surface area contributed by atoms with Crippen molar-refractivity contribution in [2.45, 2.75) is 19.8 Å². The summed E-state index contributed by atoms with van der Waals surface area (Å²) in [4.78, 5) is 22.5. The summed E-state index contributed by atoms with van der Waals surface area (Å²) in [5.41, 5.74) is 0. The standard InChI is InChI=1S/C10H19N3O2/c1-2-11-5-6-12-10(15)8-3-4-9(14)13-7-8/h8,11H,2-7H2,1H3,(H,12,15)(H,13,14). The van der Waals surface area contributed by atoms with E-state index < -0.39 is 0 Å². The Balaban J connectivity index is 2.14. The van der Waals surface area contributed by atoms with Gasteiger partial charge in [0.05, 0.1) is 5.92 Å². The lowest BCUT2D eigenvalue weighted by Crippen LogP contribution is -2.44. The predicted molar refractivity (Wildman–Crippen MR) is 57.3 cm³/mol. The number of carbonyl (C=O) groups excluding carboxylic acids is 2. The second kappa shape index (κ2) is 6.40. The number of hydrogen-bond donors (Lipinski definition) is 3. The molecule has 1 fully saturated rings. The van der Waals surface area contributed by atoms with Crippen LogP contribution in [0.3, 0.4) is 0 Å². The van der Waals surface area contributed by atoms with E-state index in [4.69, 9.17) is 0 Å². The van der Waals surface area contributed by atoms with Gasteiger partial charge in [-0.15, -0.1) is 0 Å². The van der Waals surface area contributed by atoms with Crippen LogP contribution in [0.25, 0.3) is 0 Å². The van der Waals surface area contributed by atoms with Gasteiger partial charge in [-0.3, -0.25) is 9.59 Å². The maximum Gasteiger partial charge on any atom is 0.224 e. The summed E-state index contributed by atoms with van der Waals surface area (Å²) in [6, 6.07) is 0. The van der Waals surface area contributed by atoms with E-state index in [2.05, 4.69) is 16.0 Å². The van der Waals surface area contributed by atoms with E-state index in [0.717, 1.165) is 13.1 Å². The van der Waals surface area contributed by atoms with Crippen LogP contribution < -0.4 is 16.0 Å². The molecule has 0 aliphatic carbocycles. The number of piperidine rings is 1. The average molecular weight is 213 g/mol. The number of carbonyl (C=O) groups is 2. The lowest BCUT2D eigenvalue weighted by molar-refractivity contribution is -0.128. The molecule has 1 rings (SSSR count). The van der Waals surface area contributed by atoms with Crippen LogP contribution in [0.2, 0.25) is 0 Å². The molecule has 15 heavy (non-hydrogen) atoms. The van der Waals surface area contributed by atoms with Crippen LogP contribution >= 0.6 is 0 Å². The zero-order valence-corrected chi connectivity index (χ0v) is 9.14. The van der Waals surface area contributed by atoms with E-state index in [1.165, 1.54) is 0 Å². The zero-order valence-electron chi connectivity index (χ0n) is 9.14. The number of amides is 2. The lowest BCUT2D eigenvalue weighted by Gasteiger charge is -2.21. The van der Waals surface area contributed by atoms with E-state index >= 15 is 0 Å². The minimum atomic E-state index is -0.0515. The SMILES string of the molecule is CCNCCNC(=O)C1CCC(=O)NC1. The van der Waals surface area contributed by atoms with Crippen LogP contribution in [0.4, 0.5) is 0 Å². The van der Waals surface area contributed by atoms with E-state index in [9.17, 15) is 9.59 Å². The molecular weight excluding hydrogens is 194 g/mol. The van der Waals surface area contributed by atoms with Crippen molar-refractivity contribution in [3.63, 3.8) is 0 Å². The highest BCUT2D eigenvalue weighted by Gasteiger charge is 2.23. The summed E-state index contributed by atoms with van der Waals surface area (Å²) in [5.74, 6) is 0.0453. The minimum absolute atomic E-state index is 0.0479. The van der Waals surface area contributed by atoms with Gasteiger partial charge in [-0.25, -0.2) is 0 Å². The number of hydrogen-bond acceptors (Lipinski definition) is 3. The molecule has 0 saturated carbocycles. The topological polar surface area (TPSA) is 70.2 Å². The fraction of sp³-hybridized carbons (Fsp3) is 0.800. The van der Waals surface area contributed by atoms with Crippen LogP contribution in [0.5, 0.6) is 0 Å². The van der Waals surface area contributed by atoms with Gasteiger partial charge in [0.15, 0.2) is 0 Å². The monoisotopic (exact) mass is 213 g/mol. The van der Waals surface area contributed by atoms with Crippen molar-refractivity contribution in [1.82, 2.24) is 16.0 Å². The van der Waals surface area contributed by atoms with Gasteiger partial charge in [-0.1, -0.05) is 6.92 Å². The molecule has 0 aromatic rings. The van der Waals surface area contributed by atoms with Crippen LogP contribution in [0.1, 0.15) is 19.8 Å². The molecule has 0 spiro atoms. The molecule has 1 atom stereocenters. The molecule has 2 amide bonds. The quantitative estimate of drug-likeness (QED) is 0.526. The van der Waals surface area contributed by atoms with Crippen LogP contribution in [-0.4, -0.2) is 38.0 Å². The third-order valence-electron chi connectivity index (χ3n) is 2.49. The molecule has 0 radical (unpaired) electrons. The Hall–Kier alpha value is -1.10. The van der Waals surface area contributed by atoms with Crippen LogP contribution in [-0.2, 0) is 9.59 Å². The fourth-order valence-electron chi connectivity index (χ4n) is 1.55. The highest BCUT2D eigenvalue weighted by Crippen LogP contribution is 2.10. The molecule has 1 saturated heterocycles. The summed E-state index contributed by atoms with van der Waals surface area (Å²) in [6.45, 7) is 4.86. The van der Waals surface area contributed by atoms with Crippen LogP contribution in [0, 0.1) is 5.92 Å². The van der Waals surface area contributed by atoms with Gasteiger partial charge in [0.25, 0.3) is 0 Å². The van der Waals surface area contributed by atoms with Crippen molar-refractivity contribution in [3.8, 4) is 0 Å². The van der Waals surface area contributed by atoms with Gasteiger partial charge in [0.2, 0.25) is 11.8 Å². The first-order chi connectivity index (χ1) is 7.24. The Morgan fingerprint density at radius 3 is 2.93 bits per heavy atom. The molecular formula is C10H19N3O2. The first kappa shape index (κ1) is 12.0. The highest BCUT2D eigenvalue weighted by molar-refractivity contribution is 5.83. The summed E-state index contributed by atoms with van der Waals surface area (Å²) >= 11 is 0. The third-order valence-corrected chi connectivity index (χ3v) is 2.49. The summed E-state index contributed by atoms with van der Waals surface area (Å²) < 4.78 is 0. The molecule has 86 valence electrons. The zero-order chi connectivity index (χ0) is 11.1. The van der Waals surface area contributed by atoms with Gasteiger partial charge in [0, 0.05) is 26.1 Å². The number of nitrogens with one attached hydrogen (secondary N) is 3. The molecule has 0 bridgehead atoms. The van der Waals surface area contributed by atoms with E-state index in [-0.39, 0.29) is 17.7 Å². The maximum absolute atomic E-state index is 11.6. The molecule has 3 N–H and O–H groups in total. The van der Waals surface area contributed by atoms with Gasteiger partial charge in [0.1, 0.15) is 0 Å². The second-order valence-corrected chi connectivity index (χ2v) is 3.68. The molecule has 1 unspecified atom stereocenters. The Kier molecular flexibility index (Phi) is 5.10. The van der Waals surface area contributed by atoms with Gasteiger partial charge < -0.3 is 16.0 Å². The largest absolute Gasteiger partial charge is 0.355 e.